The van der Waals surface area contributed by atoms with Gasteiger partial charge in [-0.05, 0) is 144 Å². The van der Waals surface area contributed by atoms with E-state index in [9.17, 15) is 10.5 Å². The molecule has 8 heteroatoms. The average Bonchev–Trinajstić information content (AvgIpc) is 3.33. The Morgan fingerprint density at radius 1 is 0.364 bits per heavy atom. The van der Waals surface area contributed by atoms with Crippen LogP contribution in [-0.2, 0) is 0 Å². The maximum atomic E-state index is 16.9. The van der Waals surface area contributed by atoms with Crippen LogP contribution in [0.25, 0.3) is 54.6 Å². The lowest BCUT2D eigenvalue weighted by Gasteiger charge is -2.30. The number of nitrogens with zero attached hydrogens (tertiary/aromatic N) is 4. The van der Waals surface area contributed by atoms with Crippen molar-refractivity contribution >= 4 is 66.4 Å². The smallest absolute Gasteiger partial charge is 0.148 e. The van der Waals surface area contributed by atoms with E-state index >= 15 is 17.6 Å². The van der Waals surface area contributed by atoms with Crippen molar-refractivity contribution < 1.29 is 17.6 Å². The largest absolute Gasteiger partial charge is 0.307 e. The summed E-state index contributed by atoms with van der Waals surface area (Å²) in [5, 5.41) is 24.1. The molecule has 0 heterocycles. The molecular weight excluding hydrogens is 829 g/mol. The van der Waals surface area contributed by atoms with Crippen LogP contribution in [0.4, 0.5) is 51.7 Å². The zero-order valence-corrected chi connectivity index (χ0v) is 36.3. The third kappa shape index (κ3) is 7.01. The topological polar surface area (TPSA) is 54.1 Å². The lowest BCUT2D eigenvalue weighted by molar-refractivity contribution is 0.604. The standard InChI is InChI=1S/C58H38F4N4/c1-33-5-7-35(3)45(25-33)47-27-51(61)55(29-49(47)59)65(41-17-9-37(31-63)10-18-41)53-23-15-39-14-22-44-54(24-16-40-13-21-43(53)57(39)58(40)44)66(42-19-11-38(32-64)12-20-42)56-30-50(60)48(28-52(56)62)46-26-34(2)6-8-36(46)4/h5-30H,1-4H3. The summed E-state index contributed by atoms with van der Waals surface area (Å²) in [5.41, 5.74) is 7.75. The number of benzene rings is 10. The summed E-state index contributed by atoms with van der Waals surface area (Å²) < 4.78 is 66.8. The summed E-state index contributed by atoms with van der Waals surface area (Å²) in [7, 11) is 0. The highest BCUT2D eigenvalue weighted by atomic mass is 19.1. The fourth-order valence-corrected chi connectivity index (χ4v) is 9.23. The van der Waals surface area contributed by atoms with Gasteiger partial charge in [0.25, 0.3) is 0 Å². The Bertz CT molecular complexity index is 3420. The van der Waals surface area contributed by atoms with Gasteiger partial charge in [0.15, 0.2) is 0 Å². The van der Waals surface area contributed by atoms with Crippen molar-refractivity contribution in [3.63, 3.8) is 0 Å². The van der Waals surface area contributed by atoms with Crippen LogP contribution < -0.4 is 9.80 Å². The van der Waals surface area contributed by atoms with Gasteiger partial charge in [0.1, 0.15) is 23.3 Å². The van der Waals surface area contributed by atoms with Gasteiger partial charge in [-0.25, -0.2) is 17.6 Å². The maximum Gasteiger partial charge on any atom is 0.148 e. The van der Waals surface area contributed by atoms with Crippen LogP contribution in [-0.4, -0.2) is 0 Å². The van der Waals surface area contributed by atoms with Crippen LogP contribution in [0.2, 0.25) is 0 Å². The molecule has 10 aromatic rings. The summed E-state index contributed by atoms with van der Waals surface area (Å²) >= 11 is 0. The van der Waals surface area contributed by atoms with E-state index < -0.39 is 23.3 Å². The van der Waals surface area contributed by atoms with Gasteiger partial charge in [-0.15, -0.1) is 0 Å². The number of aryl methyl sites for hydroxylation is 4. The zero-order valence-electron chi connectivity index (χ0n) is 36.3. The number of anilines is 6. The summed E-state index contributed by atoms with van der Waals surface area (Å²) in [4.78, 5) is 3.33. The number of hydrogen-bond donors (Lipinski definition) is 0. The quantitative estimate of drug-likeness (QED) is 0.113. The van der Waals surface area contributed by atoms with Crippen molar-refractivity contribution in [1.29, 1.82) is 10.5 Å². The average molecular weight is 867 g/mol. The van der Waals surface area contributed by atoms with Gasteiger partial charge in [0.05, 0.1) is 46.0 Å². The molecule has 0 unspecified atom stereocenters. The summed E-state index contributed by atoms with van der Waals surface area (Å²) in [6.45, 7) is 7.53. The zero-order chi connectivity index (χ0) is 46.0. The van der Waals surface area contributed by atoms with Crippen LogP contribution in [0.1, 0.15) is 33.4 Å². The molecule has 0 saturated heterocycles. The number of hydrogen-bond acceptors (Lipinski definition) is 4. The van der Waals surface area contributed by atoms with E-state index in [0.717, 1.165) is 43.8 Å². The summed E-state index contributed by atoms with van der Waals surface area (Å²) in [6, 6.07) is 49.3. The molecule has 0 fully saturated rings. The number of rotatable bonds is 8. The maximum absolute atomic E-state index is 16.9. The Labute approximate surface area is 379 Å². The third-order valence-corrected chi connectivity index (χ3v) is 12.5. The first-order valence-electron chi connectivity index (χ1n) is 21.4. The minimum atomic E-state index is -0.652. The monoisotopic (exact) mass is 866 g/mol. The second-order valence-electron chi connectivity index (χ2n) is 16.8. The molecular formula is C58H38F4N4. The highest BCUT2D eigenvalue weighted by molar-refractivity contribution is 6.28. The van der Waals surface area contributed by atoms with Crippen molar-refractivity contribution in [1.82, 2.24) is 0 Å². The fourth-order valence-electron chi connectivity index (χ4n) is 9.23. The second kappa shape index (κ2) is 16.3. The van der Waals surface area contributed by atoms with Gasteiger partial charge >= 0.3 is 0 Å². The van der Waals surface area contributed by atoms with Crippen LogP contribution in [0.3, 0.4) is 0 Å². The molecule has 10 rings (SSSR count). The van der Waals surface area contributed by atoms with Crippen LogP contribution in [0, 0.1) is 73.6 Å². The molecule has 0 aromatic heterocycles. The van der Waals surface area contributed by atoms with Crippen LogP contribution in [0.5, 0.6) is 0 Å². The molecule has 0 bridgehead atoms. The highest BCUT2D eigenvalue weighted by Gasteiger charge is 2.27. The lowest BCUT2D eigenvalue weighted by atomic mass is 9.91. The van der Waals surface area contributed by atoms with Crippen molar-refractivity contribution in [3.05, 3.63) is 214 Å². The molecule has 0 saturated carbocycles. The fraction of sp³-hybridized carbons (Fsp3) is 0.0690. The molecule has 0 radical (unpaired) electrons. The first kappa shape index (κ1) is 41.5. The Kier molecular flexibility index (Phi) is 10.2. The molecule has 0 aliphatic rings. The number of halogens is 4. The molecule has 0 spiro atoms. The second-order valence-corrected chi connectivity index (χ2v) is 16.8. The minimum Gasteiger partial charge on any atom is -0.307 e. The third-order valence-electron chi connectivity index (χ3n) is 12.5. The molecule has 0 atom stereocenters. The van der Waals surface area contributed by atoms with Gasteiger partial charge in [-0.1, -0.05) is 83.9 Å². The number of nitriles is 2. The van der Waals surface area contributed by atoms with E-state index in [1.807, 2.05) is 113 Å². The van der Waals surface area contributed by atoms with E-state index in [0.29, 0.717) is 55.8 Å². The molecule has 0 aliphatic carbocycles. The SMILES string of the molecule is Cc1ccc(C)c(-c2cc(F)c(N(c3ccc(C#N)cc3)c3ccc4ccc5c(N(c6ccc(C#N)cc6)c6cc(F)c(-c7cc(C)ccc7C)cc6F)ccc6ccc3c4c65)cc2F)c1. The molecule has 318 valence electrons. The van der Waals surface area contributed by atoms with E-state index in [4.69, 9.17) is 0 Å². The van der Waals surface area contributed by atoms with Gasteiger partial charge in [0.2, 0.25) is 0 Å². The van der Waals surface area contributed by atoms with E-state index in [1.165, 1.54) is 24.3 Å². The predicted molar refractivity (Wildman–Crippen MR) is 259 cm³/mol. The molecule has 0 N–H and O–H groups in total. The first-order chi connectivity index (χ1) is 31.9. The molecule has 66 heavy (non-hydrogen) atoms. The minimum absolute atomic E-state index is 0.0317. The van der Waals surface area contributed by atoms with Gasteiger partial charge in [-0.2, -0.15) is 10.5 Å². The van der Waals surface area contributed by atoms with Crippen molar-refractivity contribution in [2.24, 2.45) is 0 Å². The van der Waals surface area contributed by atoms with Gasteiger partial charge in [-0.3, -0.25) is 0 Å². The molecule has 0 amide bonds. The van der Waals surface area contributed by atoms with Crippen LogP contribution in [0.15, 0.2) is 158 Å². The Morgan fingerprint density at radius 3 is 1.12 bits per heavy atom. The Morgan fingerprint density at radius 2 is 0.742 bits per heavy atom. The van der Waals surface area contributed by atoms with Crippen LogP contribution >= 0.6 is 0 Å². The summed E-state index contributed by atoms with van der Waals surface area (Å²) in [5.74, 6) is -2.51. The van der Waals surface area contributed by atoms with E-state index in [1.54, 1.807) is 58.3 Å². The summed E-state index contributed by atoms with van der Waals surface area (Å²) in [6.07, 6.45) is 0. The normalized spacial score (nSPS) is 11.3. The van der Waals surface area contributed by atoms with Crippen molar-refractivity contribution in [3.8, 4) is 34.4 Å². The molecule has 0 aliphatic heterocycles. The van der Waals surface area contributed by atoms with Crippen molar-refractivity contribution in [2.45, 2.75) is 27.7 Å². The lowest BCUT2D eigenvalue weighted by Crippen LogP contribution is -2.14. The molecule has 4 nitrogen and oxygen atoms in total. The highest BCUT2D eigenvalue weighted by Crippen LogP contribution is 2.49. The Hall–Kier alpha value is -8.46. The van der Waals surface area contributed by atoms with Gasteiger partial charge in [0, 0.05) is 45.4 Å². The Balaban J connectivity index is 1.20. The van der Waals surface area contributed by atoms with Crippen molar-refractivity contribution in [2.75, 3.05) is 9.80 Å². The molecule has 10 aromatic carbocycles. The predicted octanol–water partition coefficient (Wildman–Crippen LogP) is 16.4. The van der Waals surface area contributed by atoms with Gasteiger partial charge < -0.3 is 9.80 Å². The first-order valence-corrected chi connectivity index (χ1v) is 21.4. The van der Waals surface area contributed by atoms with E-state index in [-0.39, 0.29) is 22.5 Å². The van der Waals surface area contributed by atoms with E-state index in [2.05, 4.69) is 12.1 Å².